The molecule has 0 heterocycles. The maximum absolute atomic E-state index is 11.9. The summed E-state index contributed by atoms with van der Waals surface area (Å²) in [4.78, 5) is 46.6. The molecule has 0 atom stereocenters. The number of Topliss-reactive ketones (excluding diaryl/α,β-unsaturated/α-hetero) is 1. The summed E-state index contributed by atoms with van der Waals surface area (Å²) in [5.74, 6) is -1.06. The number of nitrogens with one attached hydrogen (secondary N) is 2. The summed E-state index contributed by atoms with van der Waals surface area (Å²) < 4.78 is 4.93. The van der Waals surface area contributed by atoms with Crippen LogP contribution >= 0.6 is 0 Å². The van der Waals surface area contributed by atoms with Crippen LogP contribution < -0.4 is 10.6 Å². The molecule has 28 heavy (non-hydrogen) atoms. The van der Waals surface area contributed by atoms with Crippen molar-refractivity contribution < 1.29 is 23.9 Å². The van der Waals surface area contributed by atoms with Crippen molar-refractivity contribution in [2.24, 2.45) is 0 Å². The third-order valence-electron chi connectivity index (χ3n) is 4.69. The molecule has 2 rings (SSSR count). The predicted molar refractivity (Wildman–Crippen MR) is 105 cm³/mol. The molecule has 7 heteroatoms. The van der Waals surface area contributed by atoms with E-state index in [1.165, 1.54) is 13.3 Å². The molecule has 1 fully saturated rings. The van der Waals surface area contributed by atoms with Gasteiger partial charge in [0.15, 0.2) is 12.4 Å². The topological polar surface area (TPSA) is 102 Å². The molecule has 1 aliphatic rings. The number of ether oxygens (including phenoxy) is 1. The fourth-order valence-electron chi connectivity index (χ4n) is 3.14. The fourth-order valence-corrected chi connectivity index (χ4v) is 3.14. The summed E-state index contributed by atoms with van der Waals surface area (Å²) in [5, 5.41) is 5.60. The molecule has 1 aromatic rings. The van der Waals surface area contributed by atoms with E-state index in [1.54, 1.807) is 24.3 Å². The molecule has 2 N–H and O–H groups in total. The van der Waals surface area contributed by atoms with Gasteiger partial charge in [0, 0.05) is 30.1 Å². The lowest BCUT2D eigenvalue weighted by atomic mass is 9.95. The van der Waals surface area contributed by atoms with Crippen molar-refractivity contribution in [1.29, 1.82) is 0 Å². The summed E-state index contributed by atoms with van der Waals surface area (Å²) in [6, 6.07) is 6.72. The number of hydrogen-bond acceptors (Lipinski definition) is 5. The first-order valence-corrected chi connectivity index (χ1v) is 9.80. The minimum Gasteiger partial charge on any atom is -0.456 e. The highest BCUT2D eigenvalue weighted by Gasteiger charge is 2.16. The van der Waals surface area contributed by atoms with E-state index in [4.69, 9.17) is 4.74 Å². The monoisotopic (exact) mass is 388 g/mol. The number of ketones is 1. The second-order valence-corrected chi connectivity index (χ2v) is 7.10. The SMILES string of the molecule is CC(=O)c1ccc(NC(=O)COC(=O)CCCC(=O)NC2CCCCC2)cc1. The number of hydrogen-bond donors (Lipinski definition) is 2. The van der Waals surface area contributed by atoms with Crippen LogP contribution in [0.1, 0.15) is 68.6 Å². The Hall–Kier alpha value is -2.70. The normalized spacial score (nSPS) is 14.2. The van der Waals surface area contributed by atoms with Gasteiger partial charge in [-0.25, -0.2) is 0 Å². The van der Waals surface area contributed by atoms with Gasteiger partial charge in [0.25, 0.3) is 5.91 Å². The van der Waals surface area contributed by atoms with Crippen molar-refractivity contribution in [3.05, 3.63) is 29.8 Å². The minimum atomic E-state index is -0.507. The Morgan fingerprint density at radius 1 is 0.964 bits per heavy atom. The molecule has 1 aliphatic carbocycles. The van der Waals surface area contributed by atoms with Gasteiger partial charge in [0.2, 0.25) is 5.91 Å². The van der Waals surface area contributed by atoms with Crippen LogP contribution in [0.2, 0.25) is 0 Å². The van der Waals surface area contributed by atoms with E-state index in [-0.39, 0.29) is 37.2 Å². The van der Waals surface area contributed by atoms with Crippen LogP contribution in [0.25, 0.3) is 0 Å². The molecule has 2 amide bonds. The van der Waals surface area contributed by atoms with Gasteiger partial charge in [-0.15, -0.1) is 0 Å². The Morgan fingerprint density at radius 2 is 1.64 bits per heavy atom. The van der Waals surface area contributed by atoms with Crippen molar-refractivity contribution >= 4 is 29.3 Å². The van der Waals surface area contributed by atoms with Crippen LogP contribution in [0, 0.1) is 0 Å². The van der Waals surface area contributed by atoms with Gasteiger partial charge in [-0.3, -0.25) is 19.2 Å². The Morgan fingerprint density at radius 3 is 2.29 bits per heavy atom. The van der Waals surface area contributed by atoms with Gasteiger partial charge < -0.3 is 15.4 Å². The van der Waals surface area contributed by atoms with Crippen molar-refractivity contribution in [3.8, 4) is 0 Å². The highest BCUT2D eigenvalue weighted by Crippen LogP contribution is 2.17. The standard InChI is InChI=1S/C21H28N2O5/c1-15(24)16-10-12-18(13-11-16)23-20(26)14-28-21(27)9-5-8-19(25)22-17-6-3-2-4-7-17/h10-13,17H,2-9,14H2,1H3,(H,22,25)(H,23,26). The van der Waals surface area contributed by atoms with Gasteiger partial charge in [-0.1, -0.05) is 19.3 Å². The first-order valence-electron chi connectivity index (χ1n) is 9.80. The van der Waals surface area contributed by atoms with E-state index in [9.17, 15) is 19.2 Å². The van der Waals surface area contributed by atoms with Gasteiger partial charge in [0.05, 0.1) is 0 Å². The van der Waals surface area contributed by atoms with Crippen LogP contribution in [0.5, 0.6) is 0 Å². The minimum absolute atomic E-state index is 0.0357. The van der Waals surface area contributed by atoms with Gasteiger partial charge >= 0.3 is 5.97 Å². The van der Waals surface area contributed by atoms with Gasteiger partial charge in [-0.05, 0) is 50.5 Å². The van der Waals surface area contributed by atoms with Crippen LogP contribution in [0.15, 0.2) is 24.3 Å². The number of carbonyl (C=O) groups excluding carboxylic acids is 4. The molecule has 0 bridgehead atoms. The van der Waals surface area contributed by atoms with E-state index in [0.29, 0.717) is 17.7 Å². The third-order valence-corrected chi connectivity index (χ3v) is 4.69. The molecule has 0 spiro atoms. The molecular weight excluding hydrogens is 360 g/mol. The number of anilines is 1. The maximum Gasteiger partial charge on any atom is 0.306 e. The highest BCUT2D eigenvalue weighted by molar-refractivity contribution is 5.96. The van der Waals surface area contributed by atoms with Gasteiger partial charge in [0.1, 0.15) is 0 Å². The molecule has 0 aliphatic heterocycles. The van der Waals surface area contributed by atoms with Crippen LogP contribution in [0.3, 0.4) is 0 Å². The zero-order valence-corrected chi connectivity index (χ0v) is 16.3. The summed E-state index contributed by atoms with van der Waals surface area (Å²) in [6.45, 7) is 1.08. The van der Waals surface area contributed by atoms with Crippen molar-refractivity contribution in [1.82, 2.24) is 5.32 Å². The Labute approximate surface area is 165 Å². The Bertz CT molecular complexity index is 693. The molecule has 152 valence electrons. The quantitative estimate of drug-likeness (QED) is 0.500. The Balaban J connectivity index is 1.58. The lowest BCUT2D eigenvalue weighted by Crippen LogP contribution is -2.36. The second kappa shape index (κ2) is 11.2. The van der Waals surface area contributed by atoms with E-state index < -0.39 is 11.9 Å². The van der Waals surface area contributed by atoms with Crippen molar-refractivity contribution in [2.75, 3.05) is 11.9 Å². The number of benzene rings is 1. The Kier molecular flexibility index (Phi) is 8.65. The molecule has 0 aromatic heterocycles. The average molecular weight is 388 g/mol. The molecule has 0 unspecified atom stereocenters. The number of carbonyl (C=O) groups is 4. The second-order valence-electron chi connectivity index (χ2n) is 7.10. The largest absolute Gasteiger partial charge is 0.456 e. The smallest absolute Gasteiger partial charge is 0.306 e. The third kappa shape index (κ3) is 7.90. The molecular formula is C21H28N2O5. The number of rotatable bonds is 9. The zero-order valence-electron chi connectivity index (χ0n) is 16.3. The molecule has 1 aromatic carbocycles. The van der Waals surface area contributed by atoms with E-state index in [2.05, 4.69) is 10.6 Å². The highest BCUT2D eigenvalue weighted by atomic mass is 16.5. The molecule has 7 nitrogen and oxygen atoms in total. The number of amides is 2. The van der Waals surface area contributed by atoms with Gasteiger partial charge in [-0.2, -0.15) is 0 Å². The van der Waals surface area contributed by atoms with Crippen molar-refractivity contribution in [3.63, 3.8) is 0 Å². The van der Waals surface area contributed by atoms with Crippen LogP contribution in [0.4, 0.5) is 5.69 Å². The summed E-state index contributed by atoms with van der Waals surface area (Å²) in [7, 11) is 0. The van der Waals surface area contributed by atoms with E-state index >= 15 is 0 Å². The predicted octanol–water partition coefficient (Wildman–Crippen LogP) is 2.99. The fraction of sp³-hybridized carbons (Fsp3) is 0.524. The first kappa shape index (κ1) is 21.6. The lowest BCUT2D eigenvalue weighted by molar-refractivity contribution is -0.147. The maximum atomic E-state index is 11.9. The molecule has 0 radical (unpaired) electrons. The van der Waals surface area contributed by atoms with E-state index in [0.717, 1.165) is 25.7 Å². The lowest BCUT2D eigenvalue weighted by Gasteiger charge is -2.22. The number of esters is 1. The summed E-state index contributed by atoms with van der Waals surface area (Å²) in [5.41, 5.74) is 1.07. The average Bonchev–Trinajstić information content (AvgIpc) is 2.67. The summed E-state index contributed by atoms with van der Waals surface area (Å²) >= 11 is 0. The summed E-state index contributed by atoms with van der Waals surface area (Å²) in [6.07, 6.45) is 6.36. The van der Waals surface area contributed by atoms with E-state index in [1.807, 2.05) is 0 Å². The zero-order chi connectivity index (χ0) is 20.4. The van der Waals surface area contributed by atoms with Crippen LogP contribution in [-0.2, 0) is 19.1 Å². The van der Waals surface area contributed by atoms with Crippen molar-refractivity contribution in [2.45, 2.75) is 64.3 Å². The molecule has 0 saturated heterocycles. The van der Waals surface area contributed by atoms with Crippen LogP contribution in [-0.4, -0.2) is 36.2 Å². The first-order chi connectivity index (χ1) is 13.4. The molecule has 1 saturated carbocycles.